The molecule has 1 aliphatic heterocycles. The quantitative estimate of drug-likeness (QED) is 0.395. The largest absolute Gasteiger partial charge is 0.349 e. The molecule has 2 atom stereocenters. The first-order valence-corrected chi connectivity index (χ1v) is 7.90. The summed E-state index contributed by atoms with van der Waals surface area (Å²) in [6.07, 6.45) is 9.37. The molecule has 20 heavy (non-hydrogen) atoms. The third-order valence-corrected chi connectivity index (χ3v) is 3.79. The van der Waals surface area contributed by atoms with Crippen molar-refractivity contribution in [2.75, 3.05) is 0 Å². The lowest BCUT2D eigenvalue weighted by Crippen LogP contribution is -2.41. The molecule has 1 heterocycles. The van der Waals surface area contributed by atoms with E-state index in [0.717, 1.165) is 24.2 Å². The molecule has 0 aromatic carbocycles. The standard InChI is InChI=1S/C16H30N4/c1-6-8-9-10-11-14(4)20(17-5)16-13(3)12-18-15(7-2)19-16/h12,14-15,19H,5-11H2,1-4H3. The van der Waals surface area contributed by atoms with Crippen molar-refractivity contribution in [3.05, 3.63) is 11.4 Å². The van der Waals surface area contributed by atoms with Crippen LogP contribution in [0.4, 0.5) is 0 Å². The van der Waals surface area contributed by atoms with Gasteiger partial charge in [-0.2, -0.15) is 5.10 Å². The molecule has 1 aliphatic rings. The summed E-state index contributed by atoms with van der Waals surface area (Å²) in [7, 11) is 0. The minimum atomic E-state index is 0.158. The zero-order valence-electron chi connectivity index (χ0n) is 13.5. The van der Waals surface area contributed by atoms with Crippen LogP contribution in [0.2, 0.25) is 0 Å². The summed E-state index contributed by atoms with van der Waals surface area (Å²) in [6, 6.07) is 0.366. The van der Waals surface area contributed by atoms with Crippen LogP contribution < -0.4 is 5.32 Å². The van der Waals surface area contributed by atoms with E-state index in [1.165, 1.54) is 25.7 Å². The molecule has 0 saturated carbocycles. The molecule has 0 bridgehead atoms. The smallest absolute Gasteiger partial charge is 0.129 e. The van der Waals surface area contributed by atoms with Gasteiger partial charge >= 0.3 is 0 Å². The summed E-state index contributed by atoms with van der Waals surface area (Å²) in [5.41, 5.74) is 1.13. The number of hydrogen-bond donors (Lipinski definition) is 1. The Morgan fingerprint density at radius 3 is 2.75 bits per heavy atom. The number of hydrazone groups is 1. The van der Waals surface area contributed by atoms with Gasteiger partial charge in [-0.15, -0.1) is 0 Å². The SMILES string of the molecule is C=NN(C1=C(C)C=NC(CC)N1)C(C)CCCCCC. The fourth-order valence-corrected chi connectivity index (χ4v) is 2.45. The molecule has 4 nitrogen and oxygen atoms in total. The average Bonchev–Trinajstić information content (AvgIpc) is 2.46. The van der Waals surface area contributed by atoms with Crippen molar-refractivity contribution in [3.8, 4) is 0 Å². The summed E-state index contributed by atoms with van der Waals surface area (Å²) >= 11 is 0. The van der Waals surface area contributed by atoms with E-state index in [-0.39, 0.29) is 6.17 Å². The van der Waals surface area contributed by atoms with Gasteiger partial charge in [-0.1, -0.05) is 39.5 Å². The van der Waals surface area contributed by atoms with Gasteiger partial charge in [0.25, 0.3) is 0 Å². The second-order valence-electron chi connectivity index (χ2n) is 5.56. The molecule has 1 N–H and O–H groups in total. The number of hydrogen-bond acceptors (Lipinski definition) is 4. The summed E-state index contributed by atoms with van der Waals surface area (Å²) < 4.78 is 0. The van der Waals surface area contributed by atoms with Gasteiger partial charge in [0.2, 0.25) is 0 Å². The zero-order valence-corrected chi connectivity index (χ0v) is 13.5. The highest BCUT2D eigenvalue weighted by molar-refractivity contribution is 5.79. The highest BCUT2D eigenvalue weighted by Gasteiger charge is 2.21. The van der Waals surface area contributed by atoms with Gasteiger partial charge in [0.1, 0.15) is 12.0 Å². The number of aliphatic imine (C=N–C) groups is 1. The lowest BCUT2D eigenvalue weighted by atomic mass is 10.1. The maximum Gasteiger partial charge on any atom is 0.129 e. The highest BCUT2D eigenvalue weighted by atomic mass is 15.5. The summed E-state index contributed by atoms with van der Waals surface area (Å²) in [6.45, 7) is 12.4. The Hall–Kier alpha value is -1.32. The van der Waals surface area contributed by atoms with Crippen molar-refractivity contribution in [2.45, 2.75) is 78.4 Å². The minimum absolute atomic E-state index is 0.158. The van der Waals surface area contributed by atoms with Gasteiger partial charge < -0.3 is 5.32 Å². The van der Waals surface area contributed by atoms with Crippen molar-refractivity contribution < 1.29 is 0 Å². The Labute approximate surface area is 124 Å². The summed E-state index contributed by atoms with van der Waals surface area (Å²) in [4.78, 5) is 4.46. The van der Waals surface area contributed by atoms with E-state index in [1.807, 2.05) is 11.2 Å². The van der Waals surface area contributed by atoms with Gasteiger partial charge in [0.05, 0.1) is 6.04 Å². The van der Waals surface area contributed by atoms with Crippen LogP contribution in [-0.2, 0) is 0 Å². The number of rotatable bonds is 9. The van der Waals surface area contributed by atoms with Crippen LogP contribution in [0.1, 0.15) is 66.2 Å². The molecule has 0 aromatic rings. The number of nitrogens with one attached hydrogen (secondary N) is 1. The first-order valence-electron chi connectivity index (χ1n) is 7.90. The fourth-order valence-electron chi connectivity index (χ4n) is 2.45. The van der Waals surface area contributed by atoms with Crippen LogP contribution >= 0.6 is 0 Å². The Kier molecular flexibility index (Phi) is 7.34. The van der Waals surface area contributed by atoms with Crippen LogP contribution in [0.5, 0.6) is 0 Å². The van der Waals surface area contributed by atoms with Crippen molar-refractivity contribution in [2.24, 2.45) is 10.1 Å². The van der Waals surface area contributed by atoms with Crippen LogP contribution in [0.15, 0.2) is 21.5 Å². The second-order valence-corrected chi connectivity index (χ2v) is 5.56. The number of unbranched alkanes of at least 4 members (excludes halogenated alkanes) is 3. The number of nitrogens with zero attached hydrogens (tertiary/aromatic N) is 3. The Morgan fingerprint density at radius 2 is 2.15 bits per heavy atom. The zero-order chi connectivity index (χ0) is 15.0. The predicted octanol–water partition coefficient (Wildman–Crippen LogP) is 3.90. The van der Waals surface area contributed by atoms with E-state index in [1.54, 1.807) is 0 Å². The normalized spacial score (nSPS) is 19.7. The topological polar surface area (TPSA) is 40.0 Å². The van der Waals surface area contributed by atoms with Crippen molar-refractivity contribution in [1.82, 2.24) is 10.3 Å². The van der Waals surface area contributed by atoms with Crippen molar-refractivity contribution in [1.29, 1.82) is 0 Å². The third kappa shape index (κ3) is 4.66. The Bertz CT molecular complexity index is 359. The predicted molar refractivity (Wildman–Crippen MR) is 88.0 cm³/mol. The lowest BCUT2D eigenvalue weighted by Gasteiger charge is -2.33. The van der Waals surface area contributed by atoms with E-state index >= 15 is 0 Å². The van der Waals surface area contributed by atoms with Crippen LogP contribution in [0.25, 0.3) is 0 Å². The lowest BCUT2D eigenvalue weighted by molar-refractivity contribution is 0.235. The second kappa shape index (κ2) is 8.77. The van der Waals surface area contributed by atoms with E-state index in [9.17, 15) is 0 Å². The maximum atomic E-state index is 4.46. The summed E-state index contributed by atoms with van der Waals surface area (Å²) in [5.74, 6) is 1.06. The molecule has 0 fully saturated rings. The molecule has 2 unspecified atom stereocenters. The molecular weight excluding hydrogens is 248 g/mol. The van der Waals surface area contributed by atoms with E-state index in [0.29, 0.717) is 6.04 Å². The van der Waals surface area contributed by atoms with E-state index in [2.05, 4.69) is 49.8 Å². The third-order valence-electron chi connectivity index (χ3n) is 3.79. The Morgan fingerprint density at radius 1 is 1.40 bits per heavy atom. The molecule has 4 heteroatoms. The van der Waals surface area contributed by atoms with Gasteiger partial charge in [0, 0.05) is 18.5 Å². The molecule has 0 aliphatic carbocycles. The van der Waals surface area contributed by atoms with Crippen LogP contribution in [0, 0.1) is 0 Å². The fraction of sp³-hybridized carbons (Fsp3) is 0.750. The molecule has 0 aromatic heterocycles. The first-order chi connectivity index (χ1) is 9.63. The molecule has 114 valence electrons. The summed E-state index contributed by atoms with van der Waals surface area (Å²) in [5, 5.41) is 9.71. The van der Waals surface area contributed by atoms with E-state index in [4.69, 9.17) is 0 Å². The minimum Gasteiger partial charge on any atom is -0.349 e. The molecule has 0 amide bonds. The monoisotopic (exact) mass is 278 g/mol. The van der Waals surface area contributed by atoms with Crippen molar-refractivity contribution in [3.63, 3.8) is 0 Å². The first kappa shape index (κ1) is 16.7. The van der Waals surface area contributed by atoms with E-state index < -0.39 is 0 Å². The van der Waals surface area contributed by atoms with Gasteiger partial charge in [0.15, 0.2) is 0 Å². The number of allylic oxidation sites excluding steroid dienone is 1. The van der Waals surface area contributed by atoms with Crippen LogP contribution in [-0.4, -0.2) is 30.1 Å². The van der Waals surface area contributed by atoms with Gasteiger partial charge in [-0.3, -0.25) is 4.99 Å². The molecule has 0 saturated heterocycles. The van der Waals surface area contributed by atoms with Gasteiger partial charge in [-0.05, 0) is 26.7 Å². The molecule has 0 spiro atoms. The highest BCUT2D eigenvalue weighted by Crippen LogP contribution is 2.19. The molecule has 1 rings (SSSR count). The maximum absolute atomic E-state index is 4.46. The van der Waals surface area contributed by atoms with Crippen molar-refractivity contribution >= 4 is 12.9 Å². The van der Waals surface area contributed by atoms with Gasteiger partial charge in [-0.25, -0.2) is 5.01 Å². The molecular formula is C16H30N4. The average molecular weight is 278 g/mol. The van der Waals surface area contributed by atoms with Crippen LogP contribution in [0.3, 0.4) is 0 Å². The Balaban J connectivity index is 2.64. The molecule has 0 radical (unpaired) electrons.